The zero-order chi connectivity index (χ0) is 10.6. The topological polar surface area (TPSA) is 65.2 Å². The van der Waals surface area contributed by atoms with Crippen molar-refractivity contribution in [2.75, 3.05) is 12.8 Å². The van der Waals surface area contributed by atoms with Crippen LogP contribution in [0.2, 0.25) is 0 Å². The van der Waals surface area contributed by atoms with Gasteiger partial charge in [-0.2, -0.15) is 0 Å². The maximum atomic E-state index is 10.7. The zero-order valence-electron chi connectivity index (χ0n) is 8.00. The molecule has 0 saturated carbocycles. The van der Waals surface area contributed by atoms with Gasteiger partial charge in [0.25, 0.3) is 0 Å². The summed E-state index contributed by atoms with van der Waals surface area (Å²) in [6.45, 7) is 1.82. The molecule has 0 radical (unpaired) electrons. The minimum Gasteiger partial charge on any atom is -0.459 e. The molecule has 1 rings (SSSR count). The molecule has 0 aliphatic heterocycles. The van der Waals surface area contributed by atoms with Crippen molar-refractivity contribution in [1.29, 1.82) is 0 Å². The van der Waals surface area contributed by atoms with Crippen molar-refractivity contribution in [2.24, 2.45) is 0 Å². The molecule has 0 bridgehead atoms. The number of nitrogens with zero attached hydrogens (tertiary/aromatic N) is 1. The molecule has 72 valence electrons. The van der Waals surface area contributed by atoms with E-state index in [1.165, 1.54) is 7.11 Å². The van der Waals surface area contributed by atoms with E-state index in [1.54, 1.807) is 12.1 Å². The largest absolute Gasteiger partial charge is 0.459 e. The number of esters is 1. The second kappa shape index (κ2) is 4.28. The lowest BCUT2D eigenvalue weighted by Gasteiger charge is -1.97. The first kappa shape index (κ1) is 10.1. The van der Waals surface area contributed by atoms with Gasteiger partial charge in [0.1, 0.15) is 5.69 Å². The Bertz CT molecular complexity index is 416. The van der Waals surface area contributed by atoms with Gasteiger partial charge in [0.15, 0.2) is 0 Å². The number of methoxy groups -OCH3 is 1. The van der Waals surface area contributed by atoms with Gasteiger partial charge in [0.05, 0.1) is 12.8 Å². The second-order valence-electron chi connectivity index (χ2n) is 2.63. The third-order valence-corrected chi connectivity index (χ3v) is 1.53. The molecule has 0 spiro atoms. The quantitative estimate of drug-likeness (QED) is 0.478. The highest BCUT2D eigenvalue weighted by Gasteiger charge is 1.97. The predicted molar refractivity (Wildman–Crippen MR) is 52.3 cm³/mol. The molecule has 4 nitrogen and oxygen atoms in total. The smallest absolute Gasteiger partial charge is 0.384 e. The Hall–Kier alpha value is -2.02. The maximum Gasteiger partial charge on any atom is 0.384 e. The summed E-state index contributed by atoms with van der Waals surface area (Å²) in [5.74, 6) is 4.20. The first-order valence-corrected chi connectivity index (χ1v) is 3.96. The van der Waals surface area contributed by atoms with Crippen LogP contribution < -0.4 is 5.73 Å². The van der Waals surface area contributed by atoms with E-state index >= 15 is 0 Å². The highest BCUT2D eigenvalue weighted by atomic mass is 16.5. The summed E-state index contributed by atoms with van der Waals surface area (Å²) in [6, 6.07) is 3.47. The van der Waals surface area contributed by atoms with Crippen LogP contribution in [0.25, 0.3) is 0 Å². The van der Waals surface area contributed by atoms with Crippen LogP contribution in [0, 0.1) is 18.8 Å². The Morgan fingerprint density at radius 2 is 2.29 bits per heavy atom. The van der Waals surface area contributed by atoms with Crippen LogP contribution in [0.3, 0.4) is 0 Å². The number of carbonyl (C=O) groups excluding carboxylic acids is 1. The van der Waals surface area contributed by atoms with Crippen LogP contribution in [0.5, 0.6) is 0 Å². The summed E-state index contributed by atoms with van der Waals surface area (Å²) >= 11 is 0. The molecule has 0 aliphatic carbocycles. The van der Waals surface area contributed by atoms with Gasteiger partial charge in [-0.05, 0) is 25.0 Å². The zero-order valence-corrected chi connectivity index (χ0v) is 8.00. The fourth-order valence-corrected chi connectivity index (χ4v) is 0.829. The first-order chi connectivity index (χ1) is 6.63. The number of anilines is 1. The van der Waals surface area contributed by atoms with Crippen molar-refractivity contribution in [3.05, 3.63) is 23.5 Å². The predicted octanol–water partition coefficient (Wildman–Crippen LogP) is 0.497. The Morgan fingerprint density at radius 3 is 2.93 bits per heavy atom. The highest BCUT2D eigenvalue weighted by Crippen LogP contribution is 2.07. The van der Waals surface area contributed by atoms with E-state index in [-0.39, 0.29) is 0 Å². The van der Waals surface area contributed by atoms with Crippen LogP contribution in [0.4, 0.5) is 5.69 Å². The molecule has 0 aromatic carbocycles. The summed E-state index contributed by atoms with van der Waals surface area (Å²) < 4.78 is 4.36. The fraction of sp³-hybridized carbons (Fsp3) is 0.200. The van der Waals surface area contributed by atoms with Gasteiger partial charge < -0.3 is 10.5 Å². The molecule has 14 heavy (non-hydrogen) atoms. The van der Waals surface area contributed by atoms with Gasteiger partial charge in [-0.15, -0.1) is 0 Å². The standard InChI is InChI=1S/C10H10N2O2/c1-7-3-4-8(11)9(12-7)5-6-10(13)14-2/h3-4H,11H2,1-2H3. The van der Waals surface area contributed by atoms with Gasteiger partial charge in [-0.3, -0.25) is 0 Å². The number of nitrogen functional groups attached to an aromatic ring is 1. The number of ether oxygens (including phenoxy) is 1. The SMILES string of the molecule is COC(=O)C#Cc1nc(C)ccc1N. The Morgan fingerprint density at radius 1 is 1.57 bits per heavy atom. The van der Waals surface area contributed by atoms with Crippen LogP contribution in [0.1, 0.15) is 11.4 Å². The minimum atomic E-state index is -0.604. The summed E-state index contributed by atoms with van der Waals surface area (Å²) in [5, 5.41) is 0. The number of rotatable bonds is 0. The Balaban J connectivity index is 3.00. The Labute approximate surface area is 82.1 Å². The van der Waals surface area contributed by atoms with Gasteiger partial charge in [0, 0.05) is 11.6 Å². The van der Waals surface area contributed by atoms with Crippen molar-refractivity contribution >= 4 is 11.7 Å². The third kappa shape index (κ3) is 2.49. The van der Waals surface area contributed by atoms with Crippen LogP contribution in [0.15, 0.2) is 12.1 Å². The second-order valence-corrected chi connectivity index (χ2v) is 2.63. The summed E-state index contributed by atoms with van der Waals surface area (Å²) in [4.78, 5) is 14.8. The Kier molecular flexibility index (Phi) is 3.08. The summed E-state index contributed by atoms with van der Waals surface area (Å²) in [7, 11) is 1.27. The molecule has 0 saturated heterocycles. The van der Waals surface area contributed by atoms with Gasteiger partial charge in [0.2, 0.25) is 0 Å². The number of pyridine rings is 1. The van der Waals surface area contributed by atoms with Crippen molar-refractivity contribution in [1.82, 2.24) is 4.98 Å². The van der Waals surface area contributed by atoms with Crippen LogP contribution in [-0.4, -0.2) is 18.1 Å². The van der Waals surface area contributed by atoms with E-state index in [0.717, 1.165) is 5.69 Å². The van der Waals surface area contributed by atoms with E-state index in [4.69, 9.17) is 5.73 Å². The average molecular weight is 190 g/mol. The lowest BCUT2D eigenvalue weighted by atomic mass is 10.2. The van der Waals surface area contributed by atoms with Crippen molar-refractivity contribution in [3.63, 3.8) is 0 Å². The lowest BCUT2D eigenvalue weighted by molar-refractivity contribution is -0.133. The van der Waals surface area contributed by atoms with Crippen molar-refractivity contribution < 1.29 is 9.53 Å². The summed E-state index contributed by atoms with van der Waals surface area (Å²) in [6.07, 6.45) is 0. The maximum absolute atomic E-state index is 10.7. The number of hydrogen-bond donors (Lipinski definition) is 1. The normalized spacial score (nSPS) is 8.71. The molecule has 0 unspecified atom stereocenters. The molecule has 0 amide bonds. The van der Waals surface area contributed by atoms with Crippen LogP contribution >= 0.6 is 0 Å². The number of aromatic nitrogens is 1. The molecule has 2 N–H and O–H groups in total. The molecular weight excluding hydrogens is 180 g/mol. The number of hydrogen-bond acceptors (Lipinski definition) is 4. The summed E-state index contributed by atoms with van der Waals surface area (Å²) in [5.41, 5.74) is 7.25. The molecule has 0 fully saturated rings. The highest BCUT2D eigenvalue weighted by molar-refractivity contribution is 5.89. The fourth-order valence-electron chi connectivity index (χ4n) is 0.829. The first-order valence-electron chi connectivity index (χ1n) is 3.96. The van der Waals surface area contributed by atoms with E-state index in [9.17, 15) is 4.79 Å². The minimum absolute atomic E-state index is 0.399. The lowest BCUT2D eigenvalue weighted by Crippen LogP contribution is -1.98. The number of aryl methyl sites for hydroxylation is 1. The molecule has 4 heteroatoms. The van der Waals surface area contributed by atoms with Gasteiger partial charge in [-0.1, -0.05) is 0 Å². The molecule has 1 aromatic heterocycles. The van der Waals surface area contributed by atoms with E-state index in [2.05, 4.69) is 21.6 Å². The van der Waals surface area contributed by atoms with E-state index in [1.807, 2.05) is 6.92 Å². The molecule has 0 aliphatic rings. The number of carbonyl (C=O) groups is 1. The number of nitrogens with two attached hydrogens (primary N) is 1. The molecule has 1 aromatic rings. The van der Waals surface area contributed by atoms with Crippen molar-refractivity contribution in [3.8, 4) is 11.8 Å². The van der Waals surface area contributed by atoms with E-state index < -0.39 is 5.97 Å². The molecule has 0 atom stereocenters. The van der Waals surface area contributed by atoms with Gasteiger partial charge >= 0.3 is 5.97 Å². The van der Waals surface area contributed by atoms with E-state index in [0.29, 0.717) is 11.4 Å². The van der Waals surface area contributed by atoms with Crippen molar-refractivity contribution in [2.45, 2.75) is 6.92 Å². The molecular formula is C10H10N2O2. The monoisotopic (exact) mass is 190 g/mol. The third-order valence-electron chi connectivity index (χ3n) is 1.53. The average Bonchev–Trinajstić information content (AvgIpc) is 2.19. The molecule has 1 heterocycles. The van der Waals surface area contributed by atoms with Gasteiger partial charge in [-0.25, -0.2) is 9.78 Å². The van der Waals surface area contributed by atoms with Crippen LogP contribution in [-0.2, 0) is 9.53 Å².